The summed E-state index contributed by atoms with van der Waals surface area (Å²) in [5, 5.41) is 24.7. The number of nitrogen functional groups attached to an aromatic ring is 2. The lowest BCUT2D eigenvalue weighted by Crippen LogP contribution is -2.39. The maximum atomic E-state index is 11.9. The molecule has 13 heteroatoms. The average molecular weight is 359 g/mol. The molecule has 2 aromatic rings. The lowest BCUT2D eigenvalue weighted by Gasteiger charge is -2.11. The second kappa shape index (κ2) is 7.65. The highest BCUT2D eigenvalue weighted by molar-refractivity contribution is 5.77. The molecule has 6 N–H and O–H groups in total. The molecule has 13 nitrogen and oxygen atoms in total. The predicted molar refractivity (Wildman–Crippen MR) is 83.1 cm³/mol. The Morgan fingerprint density at radius 1 is 1.08 bits per heavy atom. The molecule has 0 aliphatic carbocycles. The van der Waals surface area contributed by atoms with Crippen LogP contribution in [0.2, 0.25) is 0 Å². The molecule has 0 radical (unpaired) electrons. The van der Waals surface area contributed by atoms with E-state index in [0.717, 1.165) is 12.4 Å². The van der Waals surface area contributed by atoms with E-state index >= 15 is 0 Å². The third-order valence-electron chi connectivity index (χ3n) is 3.12. The predicted octanol–water partition coefficient (Wildman–Crippen LogP) is -2.29. The van der Waals surface area contributed by atoms with Crippen molar-refractivity contribution in [3.63, 3.8) is 0 Å². The van der Waals surface area contributed by atoms with Crippen molar-refractivity contribution in [2.75, 3.05) is 11.5 Å². The smallest absolute Gasteiger partial charge is 0.351 e. The monoisotopic (exact) mass is 359 g/mol. The zero-order valence-corrected chi connectivity index (χ0v) is 13.2. The number of aromatic nitrogens is 4. The molecule has 0 fully saturated rings. The first-order valence-electron chi connectivity index (χ1n) is 7.03. The number of rotatable bonds is 6. The van der Waals surface area contributed by atoms with Crippen LogP contribution in [0.4, 0.5) is 11.6 Å². The summed E-state index contributed by atoms with van der Waals surface area (Å²) in [6, 6.07) is 2.35. The number of nitriles is 2. The Morgan fingerprint density at radius 2 is 1.58 bits per heavy atom. The van der Waals surface area contributed by atoms with E-state index in [1.165, 1.54) is 0 Å². The number of carbonyl (C=O) groups excluding carboxylic acids is 2. The van der Waals surface area contributed by atoms with Crippen molar-refractivity contribution in [1.82, 2.24) is 19.9 Å². The molecule has 0 spiro atoms. The van der Waals surface area contributed by atoms with Crippen LogP contribution in [0.15, 0.2) is 12.4 Å². The molecule has 0 aromatic carbocycles. The fourth-order valence-corrected chi connectivity index (χ4v) is 1.69. The van der Waals surface area contributed by atoms with Crippen molar-refractivity contribution in [1.29, 1.82) is 10.5 Å². The van der Waals surface area contributed by atoms with Crippen molar-refractivity contribution in [3.05, 3.63) is 23.5 Å². The quantitative estimate of drug-likeness (QED) is 0.498. The maximum Gasteiger partial charge on any atom is 0.351 e. The molecular weight excluding hydrogens is 346 g/mol. The number of nitrogens with zero attached hydrogens (tertiary/aromatic N) is 6. The SMILES string of the molecule is N#Cc1cnn(OC(=O)CC[C@H](N)C(=O)On2ncc(C#N)c2N)c1N. The van der Waals surface area contributed by atoms with E-state index in [1.54, 1.807) is 12.1 Å². The Hall–Kier alpha value is -4.10. The summed E-state index contributed by atoms with van der Waals surface area (Å²) in [5.74, 6) is -1.98. The van der Waals surface area contributed by atoms with Gasteiger partial charge in [0, 0.05) is 0 Å². The van der Waals surface area contributed by atoms with Crippen LogP contribution >= 0.6 is 0 Å². The zero-order valence-electron chi connectivity index (χ0n) is 13.2. The Labute approximate surface area is 146 Å². The van der Waals surface area contributed by atoms with E-state index in [-0.39, 0.29) is 35.6 Å². The molecule has 2 rings (SSSR count). The van der Waals surface area contributed by atoms with Gasteiger partial charge in [-0.3, -0.25) is 0 Å². The fraction of sp³-hybridized carbons (Fsp3) is 0.231. The summed E-state index contributed by atoms with van der Waals surface area (Å²) < 4.78 is 0. The molecule has 0 bridgehead atoms. The Kier molecular flexibility index (Phi) is 5.36. The van der Waals surface area contributed by atoms with Crippen LogP contribution in [0.25, 0.3) is 0 Å². The van der Waals surface area contributed by atoms with E-state index in [9.17, 15) is 9.59 Å². The molecule has 0 saturated heterocycles. The summed E-state index contributed by atoms with van der Waals surface area (Å²) in [6.45, 7) is 0. The summed E-state index contributed by atoms with van der Waals surface area (Å²) in [4.78, 5) is 34.6. The molecule has 0 aliphatic rings. The van der Waals surface area contributed by atoms with Crippen LogP contribution < -0.4 is 26.9 Å². The van der Waals surface area contributed by atoms with Gasteiger partial charge in [-0.2, -0.15) is 10.5 Å². The van der Waals surface area contributed by atoms with Crippen molar-refractivity contribution < 1.29 is 19.3 Å². The molecule has 0 aliphatic heterocycles. The van der Waals surface area contributed by atoms with Crippen molar-refractivity contribution in [2.24, 2.45) is 5.73 Å². The van der Waals surface area contributed by atoms with E-state index in [2.05, 4.69) is 10.2 Å². The number of nitrogens with two attached hydrogens (primary N) is 3. The van der Waals surface area contributed by atoms with Crippen LogP contribution in [-0.2, 0) is 9.59 Å². The zero-order chi connectivity index (χ0) is 19.3. The molecule has 0 unspecified atom stereocenters. The average Bonchev–Trinajstić information content (AvgIpc) is 3.15. The maximum absolute atomic E-state index is 11.9. The summed E-state index contributed by atoms with van der Waals surface area (Å²) >= 11 is 0. The van der Waals surface area contributed by atoms with Gasteiger partial charge in [-0.25, -0.2) is 9.59 Å². The third kappa shape index (κ3) is 3.86. The highest BCUT2D eigenvalue weighted by Crippen LogP contribution is 2.09. The second-order valence-electron chi connectivity index (χ2n) is 4.88. The highest BCUT2D eigenvalue weighted by atomic mass is 16.7. The topological polar surface area (TPSA) is 214 Å². The van der Waals surface area contributed by atoms with Gasteiger partial charge < -0.3 is 26.9 Å². The van der Waals surface area contributed by atoms with Gasteiger partial charge in [0.05, 0.1) is 18.8 Å². The van der Waals surface area contributed by atoms with Gasteiger partial charge >= 0.3 is 11.9 Å². The summed E-state index contributed by atoms with van der Waals surface area (Å²) in [7, 11) is 0. The van der Waals surface area contributed by atoms with Crippen molar-refractivity contribution in [3.8, 4) is 12.1 Å². The summed E-state index contributed by atoms with van der Waals surface area (Å²) in [6.07, 6.45) is 1.89. The van der Waals surface area contributed by atoms with Gasteiger partial charge in [0.15, 0.2) is 11.6 Å². The summed E-state index contributed by atoms with van der Waals surface area (Å²) in [5.41, 5.74) is 16.8. The first kappa shape index (κ1) is 18.2. The van der Waals surface area contributed by atoms with Crippen LogP contribution in [0.3, 0.4) is 0 Å². The van der Waals surface area contributed by atoms with Crippen LogP contribution in [0, 0.1) is 22.7 Å². The van der Waals surface area contributed by atoms with E-state index in [0.29, 0.717) is 9.69 Å². The second-order valence-corrected chi connectivity index (χ2v) is 4.88. The minimum Gasteiger partial charge on any atom is -0.380 e. The molecule has 0 amide bonds. The van der Waals surface area contributed by atoms with Gasteiger partial charge in [0.25, 0.3) is 0 Å². The molecule has 26 heavy (non-hydrogen) atoms. The van der Waals surface area contributed by atoms with Gasteiger partial charge in [-0.05, 0) is 6.42 Å². The molecule has 2 aromatic heterocycles. The van der Waals surface area contributed by atoms with E-state index in [1.807, 2.05) is 0 Å². The number of hydrogen-bond donors (Lipinski definition) is 3. The largest absolute Gasteiger partial charge is 0.380 e. The minimum absolute atomic E-state index is 0.0310. The van der Waals surface area contributed by atoms with Crippen LogP contribution in [0.1, 0.15) is 24.0 Å². The standard InChI is InChI=1S/C13H13N9O4/c14-3-7-5-19-21(11(7)17)25-10(23)2-1-9(16)13(24)26-22-12(18)8(4-15)6-20-22/h5-6,9H,1-2,16-18H2/t9-/m0/s1. The van der Waals surface area contributed by atoms with E-state index < -0.39 is 18.0 Å². The molecule has 134 valence electrons. The van der Waals surface area contributed by atoms with Gasteiger partial charge in [0.2, 0.25) is 0 Å². The minimum atomic E-state index is -1.18. The molecule has 0 saturated carbocycles. The number of hydrogen-bond acceptors (Lipinski definition) is 11. The fourth-order valence-electron chi connectivity index (χ4n) is 1.69. The number of anilines is 2. The molecule has 1 atom stereocenters. The molecular formula is C13H13N9O4. The Balaban J connectivity index is 1.86. The third-order valence-corrected chi connectivity index (χ3v) is 3.12. The van der Waals surface area contributed by atoms with Crippen LogP contribution in [0.5, 0.6) is 0 Å². The first-order chi connectivity index (χ1) is 12.4. The van der Waals surface area contributed by atoms with Gasteiger partial charge in [-0.15, -0.1) is 10.2 Å². The normalized spacial score (nSPS) is 11.2. The van der Waals surface area contributed by atoms with Crippen LogP contribution in [-0.4, -0.2) is 37.9 Å². The number of carbonyl (C=O) groups is 2. The lowest BCUT2D eigenvalue weighted by atomic mass is 10.2. The van der Waals surface area contributed by atoms with Gasteiger partial charge in [0.1, 0.15) is 29.3 Å². The lowest BCUT2D eigenvalue weighted by molar-refractivity contribution is -0.148. The Morgan fingerprint density at radius 3 is 2.04 bits per heavy atom. The van der Waals surface area contributed by atoms with Crippen molar-refractivity contribution >= 4 is 23.6 Å². The first-order valence-corrected chi connectivity index (χ1v) is 7.03. The Bertz CT molecular complexity index is 917. The molecule has 2 heterocycles. The van der Waals surface area contributed by atoms with E-state index in [4.69, 9.17) is 37.4 Å². The van der Waals surface area contributed by atoms with Gasteiger partial charge in [-0.1, -0.05) is 9.69 Å². The highest BCUT2D eigenvalue weighted by Gasteiger charge is 2.21. The van der Waals surface area contributed by atoms with Crippen molar-refractivity contribution in [2.45, 2.75) is 18.9 Å².